The van der Waals surface area contributed by atoms with Crippen molar-refractivity contribution >= 4 is 27.6 Å². The van der Waals surface area contributed by atoms with Crippen LogP contribution in [-0.2, 0) is 16.0 Å². The molecule has 1 aromatic rings. The first-order valence-corrected chi connectivity index (χ1v) is 6.47. The second-order valence-electron chi connectivity index (χ2n) is 3.81. The summed E-state index contributed by atoms with van der Waals surface area (Å²) in [6, 6.07) is 7.31. The molecule has 0 aliphatic carbocycles. The number of carbonyl (C=O) groups is 2. The quantitative estimate of drug-likeness (QED) is 0.837. The summed E-state index contributed by atoms with van der Waals surface area (Å²) in [5.74, 6) is -2.62. The lowest BCUT2D eigenvalue weighted by molar-refractivity contribution is -0.174. The maximum absolute atomic E-state index is 12.2. The van der Waals surface area contributed by atoms with Crippen LogP contribution in [-0.4, -0.2) is 29.2 Å². The van der Waals surface area contributed by atoms with E-state index in [9.17, 15) is 22.8 Å². The molecule has 1 amide bonds. The van der Waals surface area contributed by atoms with Gasteiger partial charge in [0.1, 0.15) is 0 Å². The summed E-state index contributed by atoms with van der Waals surface area (Å²) in [7, 11) is 0. The third-order valence-corrected chi connectivity index (χ3v) is 2.92. The minimum Gasteiger partial charge on any atom is -0.338 e. The van der Waals surface area contributed by atoms with E-state index in [-0.39, 0.29) is 11.8 Å². The molecule has 1 rings (SSSR count). The van der Waals surface area contributed by atoms with Crippen molar-refractivity contribution in [2.24, 2.45) is 0 Å². The molecule has 0 aliphatic rings. The van der Waals surface area contributed by atoms with Gasteiger partial charge in [-0.25, -0.2) is 0 Å². The van der Waals surface area contributed by atoms with E-state index >= 15 is 0 Å². The number of rotatable bonds is 5. The molecule has 0 bridgehead atoms. The van der Waals surface area contributed by atoms with Crippen molar-refractivity contribution in [3.63, 3.8) is 0 Å². The number of amides is 1. The van der Waals surface area contributed by atoms with Gasteiger partial charge in [0.25, 0.3) is 0 Å². The summed E-state index contributed by atoms with van der Waals surface area (Å²) in [6.45, 7) is 0. The number of ketones is 1. The van der Waals surface area contributed by atoms with Gasteiger partial charge in [-0.05, 0) is 12.0 Å². The van der Waals surface area contributed by atoms with Crippen molar-refractivity contribution in [3.05, 3.63) is 35.9 Å². The average molecular weight is 338 g/mol. The Bertz CT molecular complexity index is 448. The lowest BCUT2D eigenvalue weighted by Crippen LogP contribution is -2.48. The van der Waals surface area contributed by atoms with Gasteiger partial charge in [0.15, 0.2) is 5.78 Å². The fraction of sp³-hybridized carbons (Fsp3) is 0.333. The molecule has 0 saturated carbocycles. The van der Waals surface area contributed by atoms with Gasteiger partial charge in [-0.1, -0.05) is 46.3 Å². The molecule has 0 fully saturated rings. The number of hydrogen-bond donors (Lipinski definition) is 1. The molecule has 7 heteroatoms. The van der Waals surface area contributed by atoms with Gasteiger partial charge < -0.3 is 5.32 Å². The Morgan fingerprint density at radius 3 is 2.26 bits per heavy atom. The lowest BCUT2D eigenvalue weighted by Gasteiger charge is -2.17. The first kappa shape index (κ1) is 15.7. The molecule has 1 N–H and O–H groups in total. The first-order chi connectivity index (χ1) is 8.84. The van der Waals surface area contributed by atoms with Gasteiger partial charge in [-0.15, -0.1) is 0 Å². The molecule has 0 heterocycles. The van der Waals surface area contributed by atoms with E-state index in [1.165, 1.54) is 0 Å². The van der Waals surface area contributed by atoms with E-state index < -0.39 is 23.9 Å². The van der Waals surface area contributed by atoms with Gasteiger partial charge in [-0.3, -0.25) is 9.59 Å². The Labute approximate surface area is 116 Å². The van der Waals surface area contributed by atoms with Gasteiger partial charge in [0.2, 0.25) is 0 Å². The molecule has 104 valence electrons. The summed E-state index contributed by atoms with van der Waals surface area (Å²) in [4.78, 5) is 22.4. The van der Waals surface area contributed by atoms with Crippen LogP contribution in [0.2, 0.25) is 0 Å². The zero-order valence-electron chi connectivity index (χ0n) is 9.71. The molecule has 0 saturated heterocycles. The minimum absolute atomic E-state index is 0.0209. The number of benzene rings is 1. The Morgan fingerprint density at radius 2 is 1.79 bits per heavy atom. The normalized spacial score (nSPS) is 12.8. The highest BCUT2D eigenvalue weighted by atomic mass is 79.9. The van der Waals surface area contributed by atoms with Crippen LogP contribution < -0.4 is 5.32 Å². The van der Waals surface area contributed by atoms with Crippen molar-refractivity contribution in [2.45, 2.75) is 18.6 Å². The van der Waals surface area contributed by atoms with Crippen molar-refractivity contribution in [2.75, 3.05) is 5.33 Å². The summed E-state index contributed by atoms with van der Waals surface area (Å²) >= 11 is 2.89. The second-order valence-corrected chi connectivity index (χ2v) is 4.37. The Hall–Kier alpha value is -1.37. The summed E-state index contributed by atoms with van der Waals surface area (Å²) in [5.41, 5.74) is 0.671. The molecule has 1 aromatic carbocycles. The van der Waals surface area contributed by atoms with Crippen LogP contribution in [0.3, 0.4) is 0 Å². The van der Waals surface area contributed by atoms with Gasteiger partial charge in [0.05, 0.1) is 11.4 Å². The lowest BCUT2D eigenvalue weighted by atomic mass is 10.0. The summed E-state index contributed by atoms with van der Waals surface area (Å²) in [5, 5.41) is 1.59. The first-order valence-electron chi connectivity index (χ1n) is 5.35. The van der Waals surface area contributed by atoms with Crippen molar-refractivity contribution in [1.82, 2.24) is 5.32 Å². The van der Waals surface area contributed by atoms with Crippen LogP contribution in [0.5, 0.6) is 0 Å². The smallest absolute Gasteiger partial charge is 0.338 e. The molecule has 0 radical (unpaired) electrons. The highest BCUT2D eigenvalue weighted by Gasteiger charge is 2.40. The van der Waals surface area contributed by atoms with E-state index in [4.69, 9.17) is 0 Å². The molecule has 1 atom stereocenters. The molecule has 0 spiro atoms. The number of alkyl halides is 4. The predicted molar refractivity (Wildman–Crippen MR) is 66.9 cm³/mol. The maximum atomic E-state index is 12.2. The Balaban J connectivity index is 2.79. The monoisotopic (exact) mass is 337 g/mol. The highest BCUT2D eigenvalue weighted by molar-refractivity contribution is 9.09. The SMILES string of the molecule is O=C(CBr)C(Cc1ccccc1)NC(=O)C(F)(F)F. The Morgan fingerprint density at radius 1 is 1.21 bits per heavy atom. The second kappa shape index (κ2) is 6.70. The number of Topliss-reactive ketones (excluding diaryl/α,β-unsaturated/α-hetero) is 1. The fourth-order valence-corrected chi connectivity index (χ4v) is 1.82. The fourth-order valence-electron chi connectivity index (χ4n) is 1.43. The van der Waals surface area contributed by atoms with E-state index in [0.717, 1.165) is 0 Å². The number of hydrogen-bond acceptors (Lipinski definition) is 2. The topological polar surface area (TPSA) is 46.2 Å². The van der Waals surface area contributed by atoms with Crippen LogP contribution in [0.4, 0.5) is 13.2 Å². The number of halogens is 4. The average Bonchev–Trinajstić information content (AvgIpc) is 2.37. The highest BCUT2D eigenvalue weighted by Crippen LogP contribution is 2.15. The number of nitrogens with one attached hydrogen (secondary N) is 1. The summed E-state index contributed by atoms with van der Waals surface area (Å²) < 4.78 is 36.5. The predicted octanol–water partition coefficient (Wildman–Crippen LogP) is 2.24. The maximum Gasteiger partial charge on any atom is 0.471 e. The molecular weight excluding hydrogens is 327 g/mol. The third kappa shape index (κ3) is 5.02. The Kier molecular flexibility index (Phi) is 5.53. The molecule has 0 aliphatic heterocycles. The van der Waals surface area contributed by atoms with E-state index in [1.54, 1.807) is 35.6 Å². The molecule has 0 aromatic heterocycles. The zero-order valence-corrected chi connectivity index (χ0v) is 11.3. The minimum atomic E-state index is -5.00. The van der Waals surface area contributed by atoms with Gasteiger partial charge in [-0.2, -0.15) is 13.2 Å². The third-order valence-electron chi connectivity index (χ3n) is 2.37. The number of carbonyl (C=O) groups excluding carboxylic acids is 2. The van der Waals surface area contributed by atoms with E-state index in [2.05, 4.69) is 15.9 Å². The standard InChI is InChI=1S/C12H11BrF3NO2/c13-7-10(18)9(17-11(19)12(14,15)16)6-8-4-2-1-3-5-8/h1-5,9H,6-7H2,(H,17,19). The van der Waals surface area contributed by atoms with Crippen molar-refractivity contribution in [1.29, 1.82) is 0 Å². The van der Waals surface area contributed by atoms with Gasteiger partial charge in [0, 0.05) is 0 Å². The molecule has 3 nitrogen and oxygen atoms in total. The van der Waals surface area contributed by atoms with Crippen LogP contribution in [0.15, 0.2) is 30.3 Å². The van der Waals surface area contributed by atoms with E-state index in [1.807, 2.05) is 0 Å². The van der Waals surface area contributed by atoms with Crippen LogP contribution in [0.25, 0.3) is 0 Å². The summed E-state index contributed by atoms with van der Waals surface area (Å²) in [6.07, 6.45) is -4.98. The molecule has 19 heavy (non-hydrogen) atoms. The van der Waals surface area contributed by atoms with Crippen LogP contribution >= 0.6 is 15.9 Å². The molecule has 1 unspecified atom stereocenters. The van der Waals surface area contributed by atoms with Crippen molar-refractivity contribution in [3.8, 4) is 0 Å². The van der Waals surface area contributed by atoms with Crippen molar-refractivity contribution < 1.29 is 22.8 Å². The van der Waals surface area contributed by atoms with Gasteiger partial charge >= 0.3 is 12.1 Å². The largest absolute Gasteiger partial charge is 0.471 e. The van der Waals surface area contributed by atoms with E-state index in [0.29, 0.717) is 5.56 Å². The van der Waals surface area contributed by atoms with Crippen LogP contribution in [0.1, 0.15) is 5.56 Å². The zero-order chi connectivity index (χ0) is 14.5. The van der Waals surface area contributed by atoms with Crippen LogP contribution in [0, 0.1) is 0 Å². The molecular formula is C12H11BrF3NO2.